The number of ether oxygens (including phenoxy) is 3. The van der Waals surface area contributed by atoms with E-state index in [1.807, 2.05) is 19.1 Å². The quantitative estimate of drug-likeness (QED) is 0.539. The van der Waals surface area contributed by atoms with Gasteiger partial charge in [-0.3, -0.25) is 9.59 Å². The lowest BCUT2D eigenvalue weighted by molar-refractivity contribution is -0.118. The molecule has 2 N–H and O–H groups in total. The maximum absolute atomic E-state index is 13.7. The lowest BCUT2D eigenvalue weighted by Gasteiger charge is -2.40. The van der Waals surface area contributed by atoms with Gasteiger partial charge in [-0.15, -0.1) is 0 Å². The monoisotopic (exact) mass is 538 g/mol. The Morgan fingerprint density at radius 1 is 1.14 bits per heavy atom. The highest BCUT2D eigenvalue weighted by molar-refractivity contribution is 9.10. The molecule has 1 aliphatic carbocycles. The zero-order valence-electron chi connectivity index (χ0n) is 20.1. The lowest BCUT2D eigenvalue weighted by atomic mass is 9.68. The molecule has 2 heterocycles. The normalized spacial score (nSPS) is 20.4. The molecule has 0 fully saturated rings. The summed E-state index contributed by atoms with van der Waals surface area (Å²) in [5.41, 5.74) is 3.98. The second-order valence-corrected chi connectivity index (χ2v) is 10.7. The third-order valence-corrected chi connectivity index (χ3v) is 7.32. The van der Waals surface area contributed by atoms with Crippen LogP contribution in [-0.2, 0) is 9.59 Å². The van der Waals surface area contributed by atoms with E-state index in [0.29, 0.717) is 40.5 Å². The fourth-order valence-corrected chi connectivity index (χ4v) is 5.63. The topological polar surface area (TPSA) is 85.9 Å². The van der Waals surface area contributed by atoms with E-state index in [1.165, 1.54) is 0 Å². The predicted octanol–water partition coefficient (Wildman–Crippen LogP) is 5.43. The summed E-state index contributed by atoms with van der Waals surface area (Å²) >= 11 is 3.67. The van der Waals surface area contributed by atoms with Crippen LogP contribution in [-0.4, -0.2) is 25.6 Å². The van der Waals surface area contributed by atoms with Gasteiger partial charge in [0.1, 0.15) is 5.75 Å². The molecule has 8 heteroatoms. The van der Waals surface area contributed by atoms with Gasteiger partial charge < -0.3 is 24.8 Å². The summed E-state index contributed by atoms with van der Waals surface area (Å²) in [6.07, 6.45) is 1.13. The van der Waals surface area contributed by atoms with Crippen molar-refractivity contribution in [1.82, 2.24) is 5.32 Å². The molecule has 0 saturated heterocycles. The number of fused-ring (bicyclic) bond motifs is 1. The smallest absolute Gasteiger partial charge is 0.254 e. The van der Waals surface area contributed by atoms with E-state index >= 15 is 0 Å². The Morgan fingerprint density at radius 2 is 1.83 bits per heavy atom. The molecule has 0 aromatic heterocycles. The first-order valence-corrected chi connectivity index (χ1v) is 12.2. The van der Waals surface area contributed by atoms with E-state index < -0.39 is 5.92 Å². The number of carbonyl (C=O) groups is 2. The molecular weight excluding hydrogens is 512 g/mol. The zero-order valence-corrected chi connectivity index (χ0v) is 21.7. The van der Waals surface area contributed by atoms with Crippen molar-refractivity contribution in [3.63, 3.8) is 0 Å². The highest BCUT2D eigenvalue weighted by atomic mass is 79.9. The van der Waals surface area contributed by atoms with Crippen molar-refractivity contribution in [3.05, 3.63) is 69.0 Å². The van der Waals surface area contributed by atoms with Crippen LogP contribution in [0.15, 0.2) is 63.4 Å². The molecule has 0 bridgehead atoms. The molecule has 3 aliphatic rings. The van der Waals surface area contributed by atoms with Crippen molar-refractivity contribution < 1.29 is 23.8 Å². The lowest BCUT2D eigenvalue weighted by Crippen LogP contribution is -2.39. The first-order valence-electron chi connectivity index (χ1n) is 11.5. The van der Waals surface area contributed by atoms with Gasteiger partial charge in [0.2, 0.25) is 6.79 Å². The second kappa shape index (κ2) is 8.75. The summed E-state index contributed by atoms with van der Waals surface area (Å²) in [6, 6.07) is 10.9. The molecule has 1 amide bonds. The van der Waals surface area contributed by atoms with Gasteiger partial charge in [-0.05, 0) is 60.7 Å². The van der Waals surface area contributed by atoms with Crippen LogP contribution in [0, 0.1) is 5.41 Å². The maximum atomic E-state index is 13.7. The Balaban J connectivity index is 1.61. The van der Waals surface area contributed by atoms with Gasteiger partial charge >= 0.3 is 0 Å². The van der Waals surface area contributed by atoms with E-state index in [0.717, 1.165) is 27.9 Å². The van der Waals surface area contributed by atoms with Crippen LogP contribution in [0.4, 0.5) is 5.69 Å². The van der Waals surface area contributed by atoms with Crippen LogP contribution >= 0.6 is 15.9 Å². The molecule has 182 valence electrons. The largest absolute Gasteiger partial charge is 0.497 e. The summed E-state index contributed by atoms with van der Waals surface area (Å²) in [4.78, 5) is 27.3. The average Bonchev–Trinajstić information content (AvgIpc) is 3.24. The Hall–Kier alpha value is -3.26. The molecule has 1 atom stereocenters. The van der Waals surface area contributed by atoms with Crippen molar-refractivity contribution in [2.45, 2.75) is 39.5 Å². The Morgan fingerprint density at radius 3 is 2.51 bits per heavy atom. The SMILES string of the molecule is COc1ccc(NC(=O)C2=C(C)NC3=C(C(=O)CC(C)(C)C3)C2c2cc3c(cc2Br)OCO3)cc1. The standard InChI is InChI=1S/C27H27BrN2O5/c1-14-23(26(32)30-15-5-7-16(33-4)8-6-15)24(17-9-21-22(10-18(17)28)35-13-34-21)25-19(29-14)11-27(2,3)12-20(25)31/h5-10,24,29H,11-13H2,1-4H3,(H,30,32). The van der Waals surface area contributed by atoms with Crippen LogP contribution in [0.5, 0.6) is 17.2 Å². The molecule has 2 aromatic carbocycles. The van der Waals surface area contributed by atoms with Crippen LogP contribution in [0.25, 0.3) is 0 Å². The van der Waals surface area contributed by atoms with E-state index in [-0.39, 0.29) is 23.9 Å². The van der Waals surface area contributed by atoms with Gasteiger partial charge in [-0.1, -0.05) is 29.8 Å². The maximum Gasteiger partial charge on any atom is 0.254 e. The molecule has 2 aliphatic heterocycles. The molecule has 0 spiro atoms. The number of carbonyl (C=O) groups excluding carboxylic acids is 2. The van der Waals surface area contributed by atoms with Crippen molar-refractivity contribution in [2.75, 3.05) is 19.2 Å². The van der Waals surface area contributed by atoms with Gasteiger partial charge in [-0.2, -0.15) is 0 Å². The molecule has 7 nitrogen and oxygen atoms in total. The van der Waals surface area contributed by atoms with Crippen LogP contribution < -0.4 is 24.8 Å². The highest BCUT2D eigenvalue weighted by Gasteiger charge is 2.43. The summed E-state index contributed by atoms with van der Waals surface area (Å²) in [5.74, 6) is 1.13. The number of nitrogens with one attached hydrogen (secondary N) is 2. The van der Waals surface area contributed by atoms with Gasteiger partial charge in [0.25, 0.3) is 5.91 Å². The van der Waals surface area contributed by atoms with Crippen molar-refractivity contribution in [3.8, 4) is 17.2 Å². The number of allylic oxidation sites excluding steroid dienone is 3. The Labute approximate surface area is 212 Å². The second-order valence-electron chi connectivity index (χ2n) is 9.84. The first-order chi connectivity index (χ1) is 16.7. The summed E-state index contributed by atoms with van der Waals surface area (Å²) < 4.78 is 17.1. The number of Topliss-reactive ketones (excluding diaryl/α,β-unsaturated/α-hetero) is 1. The molecule has 0 saturated carbocycles. The van der Waals surface area contributed by atoms with Gasteiger partial charge in [0.15, 0.2) is 17.3 Å². The van der Waals surface area contributed by atoms with E-state index in [2.05, 4.69) is 40.4 Å². The van der Waals surface area contributed by atoms with Gasteiger partial charge in [0, 0.05) is 45.0 Å². The number of hydrogen-bond donors (Lipinski definition) is 2. The van der Waals surface area contributed by atoms with Crippen molar-refractivity contribution in [1.29, 1.82) is 0 Å². The fraction of sp³-hybridized carbons (Fsp3) is 0.333. The zero-order chi connectivity index (χ0) is 24.9. The minimum Gasteiger partial charge on any atom is -0.497 e. The fourth-order valence-electron chi connectivity index (χ4n) is 5.07. The van der Waals surface area contributed by atoms with Crippen LogP contribution in [0.3, 0.4) is 0 Å². The van der Waals surface area contributed by atoms with E-state index in [1.54, 1.807) is 31.4 Å². The average molecular weight is 539 g/mol. The van der Waals surface area contributed by atoms with E-state index in [4.69, 9.17) is 14.2 Å². The number of benzene rings is 2. The highest BCUT2D eigenvalue weighted by Crippen LogP contribution is 2.50. The molecule has 5 rings (SSSR count). The number of anilines is 1. The number of ketones is 1. The minimum atomic E-state index is -0.558. The number of hydrogen-bond acceptors (Lipinski definition) is 6. The number of dihydropyridines is 1. The van der Waals surface area contributed by atoms with Crippen LogP contribution in [0.2, 0.25) is 0 Å². The Bertz CT molecular complexity index is 1290. The Kier molecular flexibility index (Phi) is 5.87. The molecule has 35 heavy (non-hydrogen) atoms. The van der Waals surface area contributed by atoms with Gasteiger partial charge in [-0.25, -0.2) is 0 Å². The van der Waals surface area contributed by atoms with Crippen LogP contribution in [0.1, 0.15) is 45.1 Å². The number of amides is 1. The minimum absolute atomic E-state index is 0.0422. The third-order valence-electron chi connectivity index (χ3n) is 6.64. The van der Waals surface area contributed by atoms with Crippen molar-refractivity contribution in [2.24, 2.45) is 5.41 Å². The number of halogens is 1. The van der Waals surface area contributed by atoms with E-state index in [9.17, 15) is 9.59 Å². The first kappa shape index (κ1) is 23.5. The van der Waals surface area contributed by atoms with Crippen molar-refractivity contribution >= 4 is 33.3 Å². The summed E-state index contributed by atoms with van der Waals surface area (Å²) in [6.45, 7) is 6.20. The van der Waals surface area contributed by atoms with Gasteiger partial charge in [0.05, 0.1) is 7.11 Å². The summed E-state index contributed by atoms with van der Waals surface area (Å²) in [5, 5.41) is 6.39. The molecule has 0 radical (unpaired) electrons. The number of rotatable bonds is 4. The molecule has 2 aromatic rings. The molecule has 1 unspecified atom stereocenters. The third kappa shape index (κ3) is 4.31. The number of methoxy groups -OCH3 is 1. The summed E-state index contributed by atoms with van der Waals surface area (Å²) in [7, 11) is 1.59. The molecular formula is C27H27BrN2O5. The predicted molar refractivity (Wildman–Crippen MR) is 136 cm³/mol.